The van der Waals surface area contributed by atoms with Crippen molar-refractivity contribution in [2.45, 2.75) is 13.8 Å². The number of nitrogens with zero attached hydrogens (tertiary/aromatic N) is 5. The Balaban J connectivity index is 1.47. The van der Waals surface area contributed by atoms with E-state index >= 15 is 0 Å². The van der Waals surface area contributed by atoms with E-state index in [1.165, 1.54) is 11.3 Å². The standard InChI is InChI=1S/C21H24N6OS/c1-3-26-11-13-27(14-12-26)17-9-10-22-21(24-17)25-19(28)18-15(2)23-20(29-18)16-7-5-4-6-8-16/h4-10H,3,11-14H2,1-2H3,(H,22,24,25,28). The first-order valence-corrected chi connectivity index (χ1v) is 10.6. The Morgan fingerprint density at radius 3 is 2.59 bits per heavy atom. The van der Waals surface area contributed by atoms with Crippen LogP contribution in [-0.2, 0) is 0 Å². The van der Waals surface area contributed by atoms with Crippen LogP contribution in [0.5, 0.6) is 0 Å². The number of rotatable bonds is 5. The zero-order valence-electron chi connectivity index (χ0n) is 16.6. The molecule has 7 nitrogen and oxygen atoms in total. The highest BCUT2D eigenvalue weighted by atomic mass is 32.1. The summed E-state index contributed by atoms with van der Waals surface area (Å²) in [4.78, 5) is 31.4. The molecular formula is C21H24N6OS. The number of nitrogens with one attached hydrogen (secondary N) is 1. The van der Waals surface area contributed by atoms with Crippen LogP contribution in [-0.4, -0.2) is 58.5 Å². The van der Waals surface area contributed by atoms with Crippen LogP contribution in [0.25, 0.3) is 10.6 Å². The van der Waals surface area contributed by atoms with E-state index in [2.05, 4.69) is 37.0 Å². The smallest absolute Gasteiger partial charge is 0.270 e. The molecule has 29 heavy (non-hydrogen) atoms. The number of carbonyl (C=O) groups is 1. The topological polar surface area (TPSA) is 74.2 Å². The molecule has 2 aromatic heterocycles. The van der Waals surface area contributed by atoms with Crippen LogP contribution in [0, 0.1) is 6.92 Å². The van der Waals surface area contributed by atoms with Gasteiger partial charge in [-0.25, -0.2) is 9.97 Å². The minimum Gasteiger partial charge on any atom is -0.354 e. The molecule has 3 aromatic rings. The molecule has 1 amide bonds. The van der Waals surface area contributed by atoms with Gasteiger partial charge in [0.1, 0.15) is 15.7 Å². The number of anilines is 2. The molecule has 4 rings (SSSR count). The van der Waals surface area contributed by atoms with Gasteiger partial charge in [0.05, 0.1) is 5.69 Å². The number of likely N-dealkylation sites (N-methyl/N-ethyl adjacent to an activating group) is 1. The highest BCUT2D eigenvalue weighted by molar-refractivity contribution is 7.17. The highest BCUT2D eigenvalue weighted by Gasteiger charge is 2.19. The first kappa shape index (κ1) is 19.5. The summed E-state index contributed by atoms with van der Waals surface area (Å²) >= 11 is 1.38. The summed E-state index contributed by atoms with van der Waals surface area (Å²) < 4.78 is 0. The van der Waals surface area contributed by atoms with Crippen molar-refractivity contribution < 1.29 is 4.79 Å². The Bertz CT molecular complexity index is 982. The van der Waals surface area contributed by atoms with E-state index in [-0.39, 0.29) is 5.91 Å². The molecule has 0 unspecified atom stereocenters. The van der Waals surface area contributed by atoms with Crippen molar-refractivity contribution in [2.75, 3.05) is 42.9 Å². The molecule has 0 spiro atoms. The van der Waals surface area contributed by atoms with Crippen molar-refractivity contribution in [1.29, 1.82) is 0 Å². The van der Waals surface area contributed by atoms with Gasteiger partial charge >= 0.3 is 0 Å². The van der Waals surface area contributed by atoms with Crippen LogP contribution in [0.4, 0.5) is 11.8 Å². The van der Waals surface area contributed by atoms with Crippen LogP contribution in [0.3, 0.4) is 0 Å². The molecular weight excluding hydrogens is 384 g/mol. The molecule has 1 N–H and O–H groups in total. The number of thiazole rings is 1. The van der Waals surface area contributed by atoms with Crippen molar-refractivity contribution in [2.24, 2.45) is 0 Å². The largest absolute Gasteiger partial charge is 0.354 e. The highest BCUT2D eigenvalue weighted by Crippen LogP contribution is 2.28. The van der Waals surface area contributed by atoms with Crippen LogP contribution in [0.2, 0.25) is 0 Å². The lowest BCUT2D eigenvalue weighted by molar-refractivity contribution is 0.102. The number of carbonyl (C=O) groups excluding carboxylic acids is 1. The monoisotopic (exact) mass is 408 g/mol. The second-order valence-electron chi connectivity index (χ2n) is 6.91. The lowest BCUT2D eigenvalue weighted by atomic mass is 10.2. The Labute approximate surface area is 174 Å². The number of hydrogen-bond donors (Lipinski definition) is 1. The van der Waals surface area contributed by atoms with Crippen molar-refractivity contribution in [3.8, 4) is 10.6 Å². The van der Waals surface area contributed by atoms with Gasteiger partial charge in [-0.2, -0.15) is 4.98 Å². The third-order valence-corrected chi connectivity index (χ3v) is 6.24. The van der Waals surface area contributed by atoms with E-state index in [9.17, 15) is 4.79 Å². The predicted molar refractivity (Wildman–Crippen MR) is 117 cm³/mol. The molecule has 3 heterocycles. The quantitative estimate of drug-likeness (QED) is 0.698. The Kier molecular flexibility index (Phi) is 5.82. The van der Waals surface area contributed by atoms with Crippen molar-refractivity contribution in [1.82, 2.24) is 19.9 Å². The summed E-state index contributed by atoms with van der Waals surface area (Å²) in [6, 6.07) is 11.8. The fourth-order valence-corrected chi connectivity index (χ4v) is 4.32. The molecule has 8 heteroatoms. The molecule has 150 valence electrons. The van der Waals surface area contributed by atoms with Crippen molar-refractivity contribution >= 4 is 29.0 Å². The molecule has 1 aromatic carbocycles. The summed E-state index contributed by atoms with van der Waals surface area (Å²) in [5.74, 6) is 0.937. The van der Waals surface area contributed by atoms with Gasteiger partial charge in [0.2, 0.25) is 5.95 Å². The molecule has 0 aliphatic carbocycles. The van der Waals surface area contributed by atoms with Gasteiger partial charge in [-0.05, 0) is 19.5 Å². The van der Waals surface area contributed by atoms with Crippen LogP contribution in [0.1, 0.15) is 22.3 Å². The van der Waals surface area contributed by atoms with Gasteiger partial charge in [0.25, 0.3) is 5.91 Å². The second kappa shape index (κ2) is 8.67. The third kappa shape index (κ3) is 4.44. The normalized spacial score (nSPS) is 14.8. The molecule has 0 radical (unpaired) electrons. The molecule has 0 bridgehead atoms. The summed E-state index contributed by atoms with van der Waals surface area (Å²) in [5.41, 5.74) is 1.71. The zero-order chi connectivity index (χ0) is 20.2. The Hall–Kier alpha value is -2.84. The van der Waals surface area contributed by atoms with Gasteiger partial charge in [0.15, 0.2) is 0 Å². The van der Waals surface area contributed by atoms with Crippen LogP contribution < -0.4 is 10.2 Å². The fourth-order valence-electron chi connectivity index (χ4n) is 3.35. The first-order valence-electron chi connectivity index (χ1n) is 9.78. The van der Waals surface area contributed by atoms with Gasteiger partial charge < -0.3 is 9.80 Å². The van der Waals surface area contributed by atoms with Gasteiger partial charge in [0, 0.05) is 37.9 Å². The summed E-state index contributed by atoms with van der Waals surface area (Å²) in [7, 11) is 0. The third-order valence-electron chi connectivity index (χ3n) is 5.03. The summed E-state index contributed by atoms with van der Waals surface area (Å²) in [6.45, 7) is 8.98. The maximum Gasteiger partial charge on any atom is 0.270 e. The summed E-state index contributed by atoms with van der Waals surface area (Å²) in [6.07, 6.45) is 1.69. The molecule has 1 fully saturated rings. The zero-order valence-corrected chi connectivity index (χ0v) is 17.4. The van der Waals surface area contributed by atoms with E-state index in [4.69, 9.17) is 0 Å². The van der Waals surface area contributed by atoms with E-state index in [1.807, 2.05) is 43.3 Å². The average molecular weight is 409 g/mol. The number of piperazine rings is 1. The number of aryl methyl sites for hydroxylation is 1. The number of hydrogen-bond acceptors (Lipinski definition) is 7. The Morgan fingerprint density at radius 2 is 1.86 bits per heavy atom. The van der Waals surface area contributed by atoms with Crippen LogP contribution >= 0.6 is 11.3 Å². The molecule has 0 saturated carbocycles. The van der Waals surface area contributed by atoms with Crippen LogP contribution in [0.15, 0.2) is 42.6 Å². The average Bonchev–Trinajstić information content (AvgIpc) is 3.16. The molecule has 1 aliphatic heterocycles. The van der Waals surface area contributed by atoms with E-state index < -0.39 is 0 Å². The molecule has 0 atom stereocenters. The van der Waals surface area contributed by atoms with E-state index in [0.717, 1.165) is 49.1 Å². The van der Waals surface area contributed by atoms with E-state index in [0.29, 0.717) is 16.5 Å². The number of benzene rings is 1. The number of aromatic nitrogens is 3. The number of amides is 1. The minimum absolute atomic E-state index is 0.227. The summed E-state index contributed by atoms with van der Waals surface area (Å²) in [5, 5.41) is 3.67. The fraction of sp³-hybridized carbons (Fsp3) is 0.333. The maximum atomic E-state index is 12.8. The first-order chi connectivity index (χ1) is 14.1. The molecule has 1 aliphatic rings. The predicted octanol–water partition coefficient (Wildman–Crippen LogP) is 3.30. The SMILES string of the molecule is CCN1CCN(c2ccnc(NC(=O)c3sc(-c4ccccc4)nc3C)n2)CC1. The maximum absolute atomic E-state index is 12.8. The van der Waals surface area contributed by atoms with Crippen molar-refractivity contribution in [3.63, 3.8) is 0 Å². The second-order valence-corrected chi connectivity index (χ2v) is 7.91. The van der Waals surface area contributed by atoms with Gasteiger partial charge in [-0.3, -0.25) is 10.1 Å². The Morgan fingerprint density at radius 1 is 1.10 bits per heavy atom. The van der Waals surface area contributed by atoms with Gasteiger partial charge in [-0.1, -0.05) is 37.3 Å². The minimum atomic E-state index is -0.227. The molecule has 1 saturated heterocycles. The lowest BCUT2D eigenvalue weighted by Gasteiger charge is -2.34. The van der Waals surface area contributed by atoms with E-state index in [1.54, 1.807) is 6.20 Å². The van der Waals surface area contributed by atoms with Crippen molar-refractivity contribution in [3.05, 3.63) is 53.2 Å². The van der Waals surface area contributed by atoms with Gasteiger partial charge in [-0.15, -0.1) is 11.3 Å². The lowest BCUT2D eigenvalue weighted by Crippen LogP contribution is -2.46.